The molecule has 0 spiro atoms. The van der Waals surface area contributed by atoms with Crippen molar-refractivity contribution >= 4 is 22.7 Å². The molecule has 3 aromatic heterocycles. The first-order valence-electron chi connectivity index (χ1n) is 8.07. The molecule has 122 valence electrons. The fraction of sp³-hybridized carbons (Fsp3) is 0.375. The van der Waals surface area contributed by atoms with E-state index in [2.05, 4.69) is 41.0 Å². The topological polar surface area (TPSA) is 94.1 Å². The van der Waals surface area contributed by atoms with Gasteiger partial charge in [0.25, 0.3) is 0 Å². The number of pyridine rings is 1. The number of anilines is 2. The quantitative estimate of drug-likeness (QED) is 0.681. The van der Waals surface area contributed by atoms with E-state index in [1.165, 1.54) is 0 Å². The molecule has 24 heavy (non-hydrogen) atoms. The Kier molecular flexibility index (Phi) is 2.93. The molecule has 2 N–H and O–H groups in total. The van der Waals surface area contributed by atoms with Crippen LogP contribution in [0.2, 0.25) is 0 Å². The molecule has 2 aliphatic rings. The SMILES string of the molecule is O[C@@H]1C[C@H]2CN(c3ncnc4[nH]ncc34)Cc3cccnc3N2C1. The van der Waals surface area contributed by atoms with Crippen LogP contribution in [-0.4, -0.2) is 55.5 Å². The van der Waals surface area contributed by atoms with Crippen LogP contribution in [0, 0.1) is 0 Å². The van der Waals surface area contributed by atoms with Crippen LogP contribution in [0.25, 0.3) is 11.0 Å². The highest BCUT2D eigenvalue weighted by atomic mass is 16.3. The summed E-state index contributed by atoms with van der Waals surface area (Å²) in [6, 6.07) is 4.26. The minimum Gasteiger partial charge on any atom is -0.391 e. The Morgan fingerprint density at radius 1 is 1.17 bits per heavy atom. The van der Waals surface area contributed by atoms with Crippen LogP contribution < -0.4 is 9.80 Å². The number of aliphatic hydroxyl groups excluding tert-OH is 1. The summed E-state index contributed by atoms with van der Waals surface area (Å²) < 4.78 is 0. The van der Waals surface area contributed by atoms with Gasteiger partial charge in [0.05, 0.1) is 23.7 Å². The van der Waals surface area contributed by atoms with E-state index in [9.17, 15) is 5.11 Å². The third-order valence-electron chi connectivity index (χ3n) is 4.85. The molecule has 0 radical (unpaired) electrons. The van der Waals surface area contributed by atoms with Gasteiger partial charge in [-0.3, -0.25) is 5.10 Å². The molecular weight excluding hydrogens is 306 g/mol. The maximum absolute atomic E-state index is 10.1. The van der Waals surface area contributed by atoms with Gasteiger partial charge in [-0.25, -0.2) is 15.0 Å². The van der Waals surface area contributed by atoms with Crippen LogP contribution in [0.5, 0.6) is 0 Å². The van der Waals surface area contributed by atoms with Crippen LogP contribution in [0.4, 0.5) is 11.6 Å². The lowest BCUT2D eigenvalue weighted by Crippen LogP contribution is -2.38. The molecule has 1 fully saturated rings. The summed E-state index contributed by atoms with van der Waals surface area (Å²) in [7, 11) is 0. The molecule has 0 unspecified atom stereocenters. The molecule has 5 heterocycles. The highest BCUT2D eigenvalue weighted by molar-refractivity contribution is 5.86. The summed E-state index contributed by atoms with van der Waals surface area (Å²) in [6.07, 6.45) is 5.57. The van der Waals surface area contributed by atoms with E-state index in [0.29, 0.717) is 6.54 Å². The van der Waals surface area contributed by atoms with Crippen molar-refractivity contribution in [2.24, 2.45) is 0 Å². The summed E-state index contributed by atoms with van der Waals surface area (Å²) >= 11 is 0. The molecular formula is C16H17N7O. The van der Waals surface area contributed by atoms with Gasteiger partial charge in [-0.1, -0.05) is 6.07 Å². The average molecular weight is 323 g/mol. The largest absolute Gasteiger partial charge is 0.391 e. The first-order chi connectivity index (χ1) is 11.8. The molecule has 8 heteroatoms. The molecule has 2 atom stereocenters. The lowest BCUT2D eigenvalue weighted by Gasteiger charge is -2.27. The van der Waals surface area contributed by atoms with Gasteiger partial charge < -0.3 is 14.9 Å². The molecule has 0 saturated carbocycles. The van der Waals surface area contributed by atoms with Crippen LogP contribution in [0.3, 0.4) is 0 Å². The number of hydrogen-bond acceptors (Lipinski definition) is 7. The fourth-order valence-electron chi connectivity index (χ4n) is 3.83. The molecule has 5 rings (SSSR count). The minimum absolute atomic E-state index is 0.216. The third-order valence-corrected chi connectivity index (χ3v) is 4.85. The van der Waals surface area contributed by atoms with E-state index in [0.717, 1.165) is 47.7 Å². The molecule has 8 nitrogen and oxygen atoms in total. The van der Waals surface area contributed by atoms with Gasteiger partial charge in [0.15, 0.2) is 5.65 Å². The summed E-state index contributed by atoms with van der Waals surface area (Å²) in [5.41, 5.74) is 1.88. The number of fused-ring (bicyclic) bond motifs is 4. The molecule has 0 bridgehead atoms. The second kappa shape index (κ2) is 5.13. The van der Waals surface area contributed by atoms with Crippen LogP contribution in [0.15, 0.2) is 30.9 Å². The highest BCUT2D eigenvalue weighted by Gasteiger charge is 2.37. The van der Waals surface area contributed by atoms with Crippen LogP contribution >= 0.6 is 0 Å². The van der Waals surface area contributed by atoms with Gasteiger partial charge in [0, 0.05) is 31.4 Å². The predicted octanol–water partition coefficient (Wildman–Crippen LogP) is 0.708. The number of aromatic nitrogens is 5. The number of hydrogen-bond donors (Lipinski definition) is 2. The van der Waals surface area contributed by atoms with Gasteiger partial charge >= 0.3 is 0 Å². The summed E-state index contributed by atoms with van der Waals surface area (Å²) in [5.74, 6) is 1.84. The number of aliphatic hydroxyl groups is 1. The minimum atomic E-state index is -0.316. The van der Waals surface area contributed by atoms with Crippen molar-refractivity contribution in [1.82, 2.24) is 25.1 Å². The third kappa shape index (κ3) is 2.03. The Morgan fingerprint density at radius 3 is 3.08 bits per heavy atom. The Labute approximate surface area is 138 Å². The zero-order valence-corrected chi connectivity index (χ0v) is 13.0. The van der Waals surface area contributed by atoms with E-state index in [4.69, 9.17) is 0 Å². The summed E-state index contributed by atoms with van der Waals surface area (Å²) in [5, 5.41) is 18.0. The maximum atomic E-state index is 10.1. The van der Waals surface area contributed by atoms with Crippen molar-refractivity contribution in [2.45, 2.75) is 25.1 Å². The Morgan fingerprint density at radius 2 is 2.12 bits per heavy atom. The van der Waals surface area contributed by atoms with Gasteiger partial charge in [0.1, 0.15) is 18.0 Å². The monoisotopic (exact) mass is 323 g/mol. The Balaban J connectivity index is 1.62. The van der Waals surface area contributed by atoms with Crippen molar-refractivity contribution in [1.29, 1.82) is 0 Å². The van der Waals surface area contributed by atoms with Crippen LogP contribution in [0.1, 0.15) is 12.0 Å². The van der Waals surface area contributed by atoms with Gasteiger partial charge in [0.2, 0.25) is 0 Å². The molecule has 0 aromatic carbocycles. The molecule has 0 aliphatic carbocycles. The average Bonchev–Trinajstić information content (AvgIpc) is 3.18. The fourth-order valence-corrected chi connectivity index (χ4v) is 3.83. The van der Waals surface area contributed by atoms with E-state index in [1.54, 1.807) is 12.5 Å². The Hall–Kier alpha value is -2.74. The Bertz CT molecular complexity index is 895. The molecule has 0 amide bonds. The normalized spacial score (nSPS) is 23.2. The lowest BCUT2D eigenvalue weighted by atomic mass is 10.2. The molecule has 2 aliphatic heterocycles. The number of rotatable bonds is 1. The smallest absolute Gasteiger partial charge is 0.160 e. The van der Waals surface area contributed by atoms with Gasteiger partial charge in [-0.2, -0.15) is 5.10 Å². The molecule has 3 aromatic rings. The standard InChI is InChI=1S/C16H17N7O/c24-12-4-11-7-22(16-13-5-20-21-14(13)18-9-19-16)6-10-2-1-3-17-15(10)23(11)8-12/h1-3,5,9,11-12,24H,4,6-8H2,(H,18,19,20,21)/t11-,12+/m0/s1. The van der Waals surface area contributed by atoms with E-state index in [1.807, 2.05) is 12.3 Å². The zero-order chi connectivity index (χ0) is 16.1. The summed E-state index contributed by atoms with van der Waals surface area (Å²) in [6.45, 7) is 2.14. The second-order valence-corrected chi connectivity index (χ2v) is 6.39. The number of H-pyrrole nitrogens is 1. The second-order valence-electron chi connectivity index (χ2n) is 6.39. The number of nitrogens with one attached hydrogen (secondary N) is 1. The van der Waals surface area contributed by atoms with E-state index < -0.39 is 0 Å². The van der Waals surface area contributed by atoms with Crippen molar-refractivity contribution < 1.29 is 5.11 Å². The van der Waals surface area contributed by atoms with Gasteiger partial charge in [-0.15, -0.1) is 0 Å². The first-order valence-corrected chi connectivity index (χ1v) is 8.07. The highest BCUT2D eigenvalue weighted by Crippen LogP contribution is 2.34. The van der Waals surface area contributed by atoms with Crippen molar-refractivity contribution in [3.8, 4) is 0 Å². The van der Waals surface area contributed by atoms with E-state index >= 15 is 0 Å². The first kappa shape index (κ1) is 13.7. The molecule has 1 saturated heterocycles. The lowest BCUT2D eigenvalue weighted by molar-refractivity contribution is 0.194. The number of nitrogens with zero attached hydrogens (tertiary/aromatic N) is 6. The van der Waals surface area contributed by atoms with Crippen LogP contribution in [-0.2, 0) is 6.54 Å². The predicted molar refractivity (Wildman–Crippen MR) is 88.7 cm³/mol. The van der Waals surface area contributed by atoms with Gasteiger partial charge in [-0.05, 0) is 12.5 Å². The van der Waals surface area contributed by atoms with Crippen molar-refractivity contribution in [2.75, 3.05) is 22.9 Å². The van der Waals surface area contributed by atoms with Crippen molar-refractivity contribution in [3.63, 3.8) is 0 Å². The zero-order valence-electron chi connectivity index (χ0n) is 13.0. The number of aromatic amines is 1. The summed E-state index contributed by atoms with van der Waals surface area (Å²) in [4.78, 5) is 17.8. The van der Waals surface area contributed by atoms with Crippen molar-refractivity contribution in [3.05, 3.63) is 36.4 Å². The maximum Gasteiger partial charge on any atom is 0.160 e. The van der Waals surface area contributed by atoms with E-state index in [-0.39, 0.29) is 12.1 Å².